The van der Waals surface area contributed by atoms with E-state index in [0.29, 0.717) is 0 Å². The van der Waals surface area contributed by atoms with Crippen molar-refractivity contribution in [1.82, 2.24) is 10.2 Å². The molecule has 22 heavy (non-hydrogen) atoms. The standard InChI is InChI=1S/C17H26N2O3/c1-13(18-16(22)19(4)11-10-15(20)21)12-17(2,3)14-8-6-5-7-9-14/h5-9,13H,10-12H2,1-4H3,(H,18,22)(H,20,21). The zero-order valence-electron chi connectivity index (χ0n) is 13.8. The predicted molar refractivity (Wildman–Crippen MR) is 87.0 cm³/mol. The van der Waals surface area contributed by atoms with Crippen molar-refractivity contribution in [2.24, 2.45) is 0 Å². The average Bonchev–Trinajstić information content (AvgIpc) is 2.44. The molecular formula is C17H26N2O3. The summed E-state index contributed by atoms with van der Waals surface area (Å²) >= 11 is 0. The maximum Gasteiger partial charge on any atom is 0.317 e. The number of hydrogen-bond donors (Lipinski definition) is 2. The molecular weight excluding hydrogens is 280 g/mol. The lowest BCUT2D eigenvalue weighted by atomic mass is 9.79. The molecule has 0 bridgehead atoms. The number of hydrogen-bond acceptors (Lipinski definition) is 2. The summed E-state index contributed by atoms with van der Waals surface area (Å²) in [6.07, 6.45) is 0.753. The molecule has 0 radical (unpaired) electrons. The Morgan fingerprint density at radius 1 is 1.27 bits per heavy atom. The van der Waals surface area contributed by atoms with Gasteiger partial charge in [0.15, 0.2) is 0 Å². The number of amides is 2. The summed E-state index contributed by atoms with van der Waals surface area (Å²) in [5, 5.41) is 11.6. The molecule has 1 aromatic carbocycles. The molecule has 1 rings (SSSR count). The third-order valence-corrected chi connectivity index (χ3v) is 3.75. The number of aliphatic carboxylic acids is 1. The molecule has 2 N–H and O–H groups in total. The number of rotatable bonds is 7. The maximum absolute atomic E-state index is 12.0. The Morgan fingerprint density at radius 3 is 2.41 bits per heavy atom. The van der Waals surface area contributed by atoms with E-state index in [1.54, 1.807) is 7.05 Å². The molecule has 122 valence electrons. The minimum atomic E-state index is -0.905. The van der Waals surface area contributed by atoms with Crippen molar-refractivity contribution in [3.05, 3.63) is 35.9 Å². The Hall–Kier alpha value is -2.04. The van der Waals surface area contributed by atoms with E-state index in [1.165, 1.54) is 10.5 Å². The third kappa shape index (κ3) is 5.76. The molecule has 0 aromatic heterocycles. The minimum Gasteiger partial charge on any atom is -0.481 e. The van der Waals surface area contributed by atoms with Crippen LogP contribution in [-0.4, -0.2) is 41.6 Å². The fourth-order valence-electron chi connectivity index (χ4n) is 2.51. The van der Waals surface area contributed by atoms with E-state index >= 15 is 0 Å². The summed E-state index contributed by atoms with van der Waals surface area (Å²) in [6, 6.07) is 9.95. The van der Waals surface area contributed by atoms with Gasteiger partial charge in [0.25, 0.3) is 0 Å². The van der Waals surface area contributed by atoms with E-state index in [2.05, 4.69) is 31.3 Å². The molecule has 0 aliphatic rings. The van der Waals surface area contributed by atoms with Crippen molar-refractivity contribution in [3.63, 3.8) is 0 Å². The van der Waals surface area contributed by atoms with E-state index in [4.69, 9.17) is 5.11 Å². The Morgan fingerprint density at radius 2 is 1.86 bits per heavy atom. The molecule has 0 heterocycles. The van der Waals surface area contributed by atoms with Crippen molar-refractivity contribution in [1.29, 1.82) is 0 Å². The van der Waals surface area contributed by atoms with E-state index in [-0.39, 0.29) is 30.5 Å². The lowest BCUT2D eigenvalue weighted by molar-refractivity contribution is -0.137. The first kappa shape index (κ1) is 18.0. The molecule has 0 aliphatic carbocycles. The molecule has 5 heteroatoms. The van der Waals surface area contributed by atoms with Crippen molar-refractivity contribution in [2.75, 3.05) is 13.6 Å². The highest BCUT2D eigenvalue weighted by molar-refractivity contribution is 5.75. The van der Waals surface area contributed by atoms with Gasteiger partial charge in [0.05, 0.1) is 6.42 Å². The highest BCUT2D eigenvalue weighted by Gasteiger charge is 2.24. The fourth-order valence-corrected chi connectivity index (χ4v) is 2.51. The summed E-state index contributed by atoms with van der Waals surface area (Å²) in [5.41, 5.74) is 1.18. The first-order valence-corrected chi connectivity index (χ1v) is 7.51. The van der Waals surface area contributed by atoms with Crippen LogP contribution in [0.5, 0.6) is 0 Å². The number of carbonyl (C=O) groups excluding carboxylic acids is 1. The average molecular weight is 306 g/mol. The second kappa shape index (κ2) is 7.82. The second-order valence-corrected chi connectivity index (χ2v) is 6.37. The van der Waals surface area contributed by atoms with Crippen molar-refractivity contribution in [2.45, 2.75) is 45.1 Å². The quantitative estimate of drug-likeness (QED) is 0.814. The number of urea groups is 1. The summed E-state index contributed by atoms with van der Waals surface area (Å²) in [6.45, 7) is 6.47. The lowest BCUT2D eigenvalue weighted by Gasteiger charge is -2.30. The number of carbonyl (C=O) groups is 2. The van der Waals surface area contributed by atoms with Crippen LogP contribution in [-0.2, 0) is 10.2 Å². The summed E-state index contributed by atoms with van der Waals surface area (Å²) in [7, 11) is 1.60. The molecule has 1 atom stereocenters. The molecule has 0 fully saturated rings. The van der Waals surface area contributed by atoms with Crippen LogP contribution in [0, 0.1) is 0 Å². The fraction of sp³-hybridized carbons (Fsp3) is 0.529. The second-order valence-electron chi connectivity index (χ2n) is 6.37. The number of carboxylic acids is 1. The van der Waals surface area contributed by atoms with Crippen molar-refractivity contribution >= 4 is 12.0 Å². The molecule has 0 saturated heterocycles. The Kier molecular flexibility index (Phi) is 6.40. The predicted octanol–water partition coefficient (Wildman–Crippen LogP) is 2.86. The summed E-state index contributed by atoms with van der Waals surface area (Å²) in [4.78, 5) is 23.9. The minimum absolute atomic E-state index is 0.00464. The van der Waals surface area contributed by atoms with Gasteiger partial charge in [-0.05, 0) is 24.3 Å². The van der Waals surface area contributed by atoms with Gasteiger partial charge in [-0.25, -0.2) is 4.79 Å². The number of nitrogens with zero attached hydrogens (tertiary/aromatic N) is 1. The van der Waals surface area contributed by atoms with E-state index in [9.17, 15) is 9.59 Å². The normalized spacial score (nSPS) is 12.5. The Balaban J connectivity index is 2.53. The molecule has 1 aromatic rings. The van der Waals surface area contributed by atoms with Gasteiger partial charge in [0, 0.05) is 19.6 Å². The SMILES string of the molecule is CC(CC(C)(C)c1ccccc1)NC(=O)N(C)CCC(=O)O. The zero-order valence-corrected chi connectivity index (χ0v) is 13.8. The van der Waals surface area contributed by atoms with E-state index in [1.807, 2.05) is 25.1 Å². The van der Waals surface area contributed by atoms with Crippen molar-refractivity contribution in [3.8, 4) is 0 Å². The monoisotopic (exact) mass is 306 g/mol. The van der Waals surface area contributed by atoms with Crippen LogP contribution in [0.15, 0.2) is 30.3 Å². The molecule has 0 aliphatic heterocycles. The van der Waals surface area contributed by atoms with Gasteiger partial charge in [-0.2, -0.15) is 0 Å². The van der Waals surface area contributed by atoms with Crippen molar-refractivity contribution < 1.29 is 14.7 Å². The number of carboxylic acid groups (broad SMARTS) is 1. The maximum atomic E-state index is 12.0. The molecule has 2 amide bonds. The van der Waals surface area contributed by atoms with Crippen LogP contribution in [0.1, 0.15) is 39.2 Å². The first-order valence-electron chi connectivity index (χ1n) is 7.51. The molecule has 1 unspecified atom stereocenters. The molecule has 0 spiro atoms. The molecule has 5 nitrogen and oxygen atoms in total. The van der Waals surface area contributed by atoms with Gasteiger partial charge in [0.1, 0.15) is 0 Å². The van der Waals surface area contributed by atoms with Crippen LogP contribution in [0.25, 0.3) is 0 Å². The topological polar surface area (TPSA) is 69.6 Å². The van der Waals surface area contributed by atoms with Crippen LogP contribution < -0.4 is 5.32 Å². The van der Waals surface area contributed by atoms with Crippen LogP contribution in [0.3, 0.4) is 0 Å². The van der Waals surface area contributed by atoms with Gasteiger partial charge in [0.2, 0.25) is 0 Å². The Bertz CT molecular complexity index is 500. The number of nitrogens with one attached hydrogen (secondary N) is 1. The summed E-state index contributed by atoms with van der Waals surface area (Å²) in [5.74, 6) is -0.905. The number of benzene rings is 1. The zero-order chi connectivity index (χ0) is 16.8. The van der Waals surface area contributed by atoms with Gasteiger partial charge in [-0.15, -0.1) is 0 Å². The highest BCUT2D eigenvalue weighted by atomic mass is 16.4. The third-order valence-electron chi connectivity index (χ3n) is 3.75. The lowest BCUT2D eigenvalue weighted by Crippen LogP contribution is -2.44. The van der Waals surface area contributed by atoms with Gasteiger partial charge < -0.3 is 15.3 Å². The highest BCUT2D eigenvalue weighted by Crippen LogP contribution is 2.28. The van der Waals surface area contributed by atoms with E-state index in [0.717, 1.165) is 6.42 Å². The largest absolute Gasteiger partial charge is 0.481 e. The Labute approximate surface area is 132 Å². The van der Waals surface area contributed by atoms with Gasteiger partial charge >= 0.3 is 12.0 Å². The van der Waals surface area contributed by atoms with E-state index < -0.39 is 5.97 Å². The van der Waals surface area contributed by atoms with Crippen LogP contribution in [0.2, 0.25) is 0 Å². The van der Waals surface area contributed by atoms with Gasteiger partial charge in [-0.3, -0.25) is 4.79 Å². The first-order chi connectivity index (χ1) is 10.2. The van der Waals surface area contributed by atoms with Gasteiger partial charge in [-0.1, -0.05) is 44.2 Å². The van der Waals surface area contributed by atoms with Crippen LogP contribution >= 0.6 is 0 Å². The molecule has 0 saturated carbocycles. The summed E-state index contributed by atoms with van der Waals surface area (Å²) < 4.78 is 0. The van der Waals surface area contributed by atoms with Crippen LogP contribution in [0.4, 0.5) is 4.79 Å². The smallest absolute Gasteiger partial charge is 0.317 e.